The second-order valence-corrected chi connectivity index (χ2v) is 9.90. The monoisotopic (exact) mass is 505 g/mol. The summed E-state index contributed by atoms with van der Waals surface area (Å²) in [5.74, 6) is 2.25. The highest BCUT2D eigenvalue weighted by Gasteiger charge is 2.40. The predicted octanol–water partition coefficient (Wildman–Crippen LogP) is 5.18. The summed E-state index contributed by atoms with van der Waals surface area (Å²) in [5.41, 5.74) is 3.05. The Morgan fingerprint density at radius 2 is 1.76 bits per heavy atom. The summed E-state index contributed by atoms with van der Waals surface area (Å²) in [6, 6.07) is 9.75. The smallest absolute Gasteiger partial charge is 0.140 e. The summed E-state index contributed by atoms with van der Waals surface area (Å²) >= 11 is 19.7. The zero-order valence-electron chi connectivity index (χ0n) is 18.6. The molecule has 1 fully saturated rings. The normalized spacial score (nSPS) is 21.1. The number of nitrogens with one attached hydrogen (secondary N) is 1. The van der Waals surface area contributed by atoms with Gasteiger partial charge in [0, 0.05) is 28.7 Å². The van der Waals surface area contributed by atoms with E-state index < -0.39 is 0 Å². The quantitative estimate of drug-likeness (QED) is 0.528. The third-order valence-electron chi connectivity index (χ3n) is 6.52. The molecular formula is C24H26Cl3N5O. The summed E-state index contributed by atoms with van der Waals surface area (Å²) in [4.78, 5) is 2.50. The minimum absolute atomic E-state index is 0.161. The number of fused-ring (bicyclic) bond motifs is 1. The van der Waals surface area contributed by atoms with Gasteiger partial charge in [0.1, 0.15) is 23.5 Å². The lowest BCUT2D eigenvalue weighted by Gasteiger charge is -2.32. The Kier molecular flexibility index (Phi) is 6.56. The van der Waals surface area contributed by atoms with Gasteiger partial charge in [-0.25, -0.2) is 0 Å². The van der Waals surface area contributed by atoms with Crippen LogP contribution in [-0.4, -0.2) is 51.9 Å². The molecule has 2 heterocycles. The SMILES string of the molecule is Cc1nnc(C)n1-c1ccc(O[C@H]2c3cc(Cl)cc(Cl)c3C[C@@H]2N2CCCNCC2)c(Cl)c1. The van der Waals surface area contributed by atoms with Gasteiger partial charge in [-0.1, -0.05) is 34.8 Å². The summed E-state index contributed by atoms with van der Waals surface area (Å²) in [6.07, 6.45) is 1.71. The first kappa shape index (κ1) is 22.9. The van der Waals surface area contributed by atoms with Crippen molar-refractivity contribution < 1.29 is 4.74 Å². The second kappa shape index (κ2) is 9.43. The average molecular weight is 507 g/mol. The van der Waals surface area contributed by atoms with Gasteiger partial charge < -0.3 is 10.1 Å². The maximum atomic E-state index is 6.72. The van der Waals surface area contributed by atoms with Crippen molar-refractivity contribution in [2.45, 2.75) is 38.8 Å². The van der Waals surface area contributed by atoms with Crippen molar-refractivity contribution in [3.63, 3.8) is 0 Å². The first-order valence-corrected chi connectivity index (χ1v) is 12.3. The van der Waals surface area contributed by atoms with Gasteiger partial charge in [0.25, 0.3) is 0 Å². The molecule has 1 aromatic heterocycles. The van der Waals surface area contributed by atoms with Crippen LogP contribution in [0, 0.1) is 13.8 Å². The van der Waals surface area contributed by atoms with Gasteiger partial charge in [-0.15, -0.1) is 10.2 Å². The Balaban J connectivity index is 1.49. The zero-order valence-corrected chi connectivity index (χ0v) is 20.9. The van der Waals surface area contributed by atoms with Crippen molar-refractivity contribution in [2.75, 3.05) is 26.2 Å². The lowest BCUT2D eigenvalue weighted by atomic mass is 10.1. The summed E-state index contributed by atoms with van der Waals surface area (Å²) < 4.78 is 8.60. The van der Waals surface area contributed by atoms with Gasteiger partial charge in [0.2, 0.25) is 0 Å². The Bertz CT molecular complexity index is 1150. The van der Waals surface area contributed by atoms with Crippen LogP contribution in [-0.2, 0) is 6.42 Å². The van der Waals surface area contributed by atoms with Gasteiger partial charge >= 0.3 is 0 Å². The van der Waals surface area contributed by atoms with Crippen LogP contribution >= 0.6 is 34.8 Å². The predicted molar refractivity (Wildman–Crippen MR) is 132 cm³/mol. The highest BCUT2D eigenvalue weighted by atomic mass is 35.5. The van der Waals surface area contributed by atoms with E-state index in [1.54, 1.807) is 0 Å². The lowest BCUT2D eigenvalue weighted by molar-refractivity contribution is 0.0822. The molecule has 0 radical (unpaired) electrons. The molecule has 0 bridgehead atoms. The van der Waals surface area contributed by atoms with Gasteiger partial charge in [0.15, 0.2) is 0 Å². The Morgan fingerprint density at radius 1 is 0.970 bits per heavy atom. The minimum Gasteiger partial charge on any atom is -0.482 e. The molecule has 9 heteroatoms. The summed E-state index contributed by atoms with van der Waals surface area (Å²) in [5, 5.41) is 13.6. The number of ether oxygens (including phenoxy) is 1. The average Bonchev–Trinajstić information content (AvgIpc) is 3.16. The summed E-state index contributed by atoms with van der Waals surface area (Å²) in [6.45, 7) is 7.80. The molecule has 2 aliphatic rings. The van der Waals surface area contributed by atoms with Gasteiger partial charge in [0.05, 0.1) is 16.8 Å². The molecule has 3 aromatic rings. The molecule has 5 rings (SSSR count). The van der Waals surface area contributed by atoms with Crippen LogP contribution < -0.4 is 10.1 Å². The summed E-state index contributed by atoms with van der Waals surface area (Å²) in [7, 11) is 0. The number of benzene rings is 2. The Hall–Kier alpha value is -1.83. The topological polar surface area (TPSA) is 55.2 Å². The van der Waals surface area contributed by atoms with Crippen molar-refractivity contribution in [1.29, 1.82) is 0 Å². The molecule has 2 aromatic carbocycles. The van der Waals surface area contributed by atoms with Crippen molar-refractivity contribution in [3.8, 4) is 11.4 Å². The maximum Gasteiger partial charge on any atom is 0.140 e. The van der Waals surface area contributed by atoms with Crippen molar-refractivity contribution >= 4 is 34.8 Å². The molecule has 6 nitrogen and oxygen atoms in total. The molecule has 174 valence electrons. The largest absolute Gasteiger partial charge is 0.482 e. The van der Waals surface area contributed by atoms with E-state index in [1.165, 1.54) is 0 Å². The van der Waals surface area contributed by atoms with E-state index in [4.69, 9.17) is 39.5 Å². The standard InChI is InChI=1S/C24H26Cl3N5O/c1-14-29-30-15(2)32(14)17-4-5-23(21(27)12-17)33-24-19-10-16(25)11-20(26)18(19)13-22(24)31-8-3-6-28-7-9-31/h4-5,10-12,22,24,28H,3,6-9,13H2,1-2H3/t22-,24-/m0/s1. The molecule has 2 atom stereocenters. The Morgan fingerprint density at radius 3 is 2.52 bits per heavy atom. The molecule has 1 N–H and O–H groups in total. The fraction of sp³-hybridized carbons (Fsp3) is 0.417. The molecule has 0 unspecified atom stereocenters. The Labute approximate surface area is 208 Å². The molecule has 1 saturated heterocycles. The highest BCUT2D eigenvalue weighted by molar-refractivity contribution is 6.35. The molecule has 0 saturated carbocycles. The number of hydrogen-bond acceptors (Lipinski definition) is 5. The molecule has 1 aliphatic carbocycles. The number of rotatable bonds is 4. The van der Waals surface area contributed by atoms with E-state index in [-0.39, 0.29) is 12.1 Å². The van der Waals surface area contributed by atoms with Crippen LogP contribution in [0.4, 0.5) is 0 Å². The molecule has 0 spiro atoms. The lowest BCUT2D eigenvalue weighted by Crippen LogP contribution is -2.42. The van der Waals surface area contributed by atoms with Crippen molar-refractivity contribution in [3.05, 3.63) is 68.2 Å². The van der Waals surface area contributed by atoms with Crippen LogP contribution in [0.5, 0.6) is 5.75 Å². The number of aryl methyl sites for hydroxylation is 2. The fourth-order valence-electron chi connectivity index (χ4n) is 4.98. The number of nitrogens with zero attached hydrogens (tertiary/aromatic N) is 4. The van der Waals surface area contributed by atoms with E-state index in [9.17, 15) is 0 Å². The zero-order chi connectivity index (χ0) is 23.1. The highest BCUT2D eigenvalue weighted by Crippen LogP contribution is 2.44. The number of hydrogen-bond donors (Lipinski definition) is 1. The fourth-order valence-corrected chi connectivity index (χ4v) is 5.79. The number of aromatic nitrogens is 3. The van der Waals surface area contributed by atoms with E-state index in [0.29, 0.717) is 20.8 Å². The van der Waals surface area contributed by atoms with Crippen LogP contribution in [0.3, 0.4) is 0 Å². The van der Waals surface area contributed by atoms with E-state index >= 15 is 0 Å². The van der Waals surface area contributed by atoms with Gasteiger partial charge in [-0.2, -0.15) is 0 Å². The van der Waals surface area contributed by atoms with Crippen LogP contribution in [0.25, 0.3) is 5.69 Å². The second-order valence-electron chi connectivity index (χ2n) is 8.65. The van der Waals surface area contributed by atoms with E-state index in [2.05, 4.69) is 20.4 Å². The van der Waals surface area contributed by atoms with E-state index in [1.807, 2.05) is 48.7 Å². The first-order valence-electron chi connectivity index (χ1n) is 11.2. The first-order chi connectivity index (χ1) is 15.9. The third-order valence-corrected chi connectivity index (χ3v) is 7.37. The van der Waals surface area contributed by atoms with Crippen LogP contribution in [0.2, 0.25) is 15.1 Å². The number of halogens is 3. The van der Waals surface area contributed by atoms with Gasteiger partial charge in [-0.05, 0) is 75.7 Å². The minimum atomic E-state index is -0.212. The van der Waals surface area contributed by atoms with Crippen molar-refractivity contribution in [1.82, 2.24) is 25.0 Å². The third kappa shape index (κ3) is 4.47. The maximum absolute atomic E-state index is 6.72. The van der Waals surface area contributed by atoms with Crippen LogP contribution in [0.15, 0.2) is 30.3 Å². The van der Waals surface area contributed by atoms with Crippen molar-refractivity contribution in [2.24, 2.45) is 0 Å². The molecular weight excluding hydrogens is 481 g/mol. The molecule has 0 amide bonds. The van der Waals surface area contributed by atoms with Gasteiger partial charge in [-0.3, -0.25) is 9.47 Å². The molecule has 33 heavy (non-hydrogen) atoms. The van der Waals surface area contributed by atoms with E-state index in [0.717, 1.165) is 67.5 Å². The molecule has 1 aliphatic heterocycles. The van der Waals surface area contributed by atoms with Crippen LogP contribution in [0.1, 0.15) is 35.3 Å².